The first-order valence-corrected chi connectivity index (χ1v) is 10.9. The molecule has 1 N–H and O–H groups in total. The quantitative estimate of drug-likeness (QED) is 0.507. The standard InChI is InChI=1S/C28H29NO3/c1-28(2,3)23-11-9-21(10-12-23)22(17-20-7-5-4-6-8-20)18-27(30)29-24-13-14-25-26(19-24)32-16-15-31-25/h4-14,18-19H,15-17H2,1-3H3,(H,29,30)/b22-18-. The Balaban J connectivity index is 1.59. The number of nitrogens with one attached hydrogen (secondary N) is 1. The molecule has 0 fully saturated rings. The van der Waals surface area contributed by atoms with Crippen LogP contribution in [-0.4, -0.2) is 19.1 Å². The van der Waals surface area contributed by atoms with Gasteiger partial charge in [0.25, 0.3) is 0 Å². The molecule has 0 bridgehead atoms. The summed E-state index contributed by atoms with van der Waals surface area (Å²) >= 11 is 0. The smallest absolute Gasteiger partial charge is 0.248 e. The number of hydrogen-bond donors (Lipinski definition) is 1. The first-order valence-electron chi connectivity index (χ1n) is 10.9. The van der Waals surface area contributed by atoms with Crippen LogP contribution in [0.1, 0.15) is 37.5 Å². The summed E-state index contributed by atoms with van der Waals surface area (Å²) < 4.78 is 11.2. The van der Waals surface area contributed by atoms with Gasteiger partial charge in [-0.1, -0.05) is 75.4 Å². The minimum atomic E-state index is -0.174. The molecule has 4 nitrogen and oxygen atoms in total. The van der Waals surface area contributed by atoms with Gasteiger partial charge in [-0.3, -0.25) is 4.79 Å². The number of carbonyl (C=O) groups excluding carboxylic acids is 1. The third kappa shape index (κ3) is 5.38. The summed E-state index contributed by atoms with van der Waals surface area (Å²) in [4.78, 5) is 12.9. The molecule has 1 aliphatic rings. The van der Waals surface area contributed by atoms with Crippen molar-refractivity contribution in [3.8, 4) is 11.5 Å². The molecule has 164 valence electrons. The largest absolute Gasteiger partial charge is 0.486 e. The van der Waals surface area contributed by atoms with Crippen molar-refractivity contribution in [3.63, 3.8) is 0 Å². The van der Waals surface area contributed by atoms with Crippen molar-refractivity contribution in [1.82, 2.24) is 0 Å². The molecule has 3 aromatic rings. The highest BCUT2D eigenvalue weighted by Crippen LogP contribution is 2.33. The second-order valence-corrected chi connectivity index (χ2v) is 9.01. The molecule has 0 spiro atoms. The van der Waals surface area contributed by atoms with Crippen LogP contribution in [0.5, 0.6) is 11.5 Å². The molecule has 32 heavy (non-hydrogen) atoms. The molecular formula is C28H29NO3. The number of amides is 1. The van der Waals surface area contributed by atoms with Crippen molar-refractivity contribution >= 4 is 17.2 Å². The van der Waals surface area contributed by atoms with Crippen molar-refractivity contribution in [1.29, 1.82) is 0 Å². The van der Waals surface area contributed by atoms with E-state index >= 15 is 0 Å². The lowest BCUT2D eigenvalue weighted by atomic mass is 9.86. The molecule has 0 radical (unpaired) electrons. The van der Waals surface area contributed by atoms with Gasteiger partial charge in [0.05, 0.1) is 0 Å². The minimum Gasteiger partial charge on any atom is -0.486 e. The van der Waals surface area contributed by atoms with Crippen molar-refractivity contribution in [3.05, 3.63) is 95.6 Å². The van der Waals surface area contributed by atoms with E-state index in [1.807, 2.05) is 30.3 Å². The van der Waals surface area contributed by atoms with Gasteiger partial charge in [-0.15, -0.1) is 0 Å². The van der Waals surface area contributed by atoms with E-state index < -0.39 is 0 Å². The monoisotopic (exact) mass is 427 g/mol. The summed E-state index contributed by atoms with van der Waals surface area (Å²) in [5, 5.41) is 2.96. The van der Waals surface area contributed by atoms with Crippen LogP contribution >= 0.6 is 0 Å². The van der Waals surface area contributed by atoms with E-state index in [0.29, 0.717) is 36.8 Å². The Morgan fingerprint density at radius 2 is 1.59 bits per heavy atom. The van der Waals surface area contributed by atoms with E-state index in [2.05, 4.69) is 62.5 Å². The zero-order valence-corrected chi connectivity index (χ0v) is 18.9. The zero-order valence-electron chi connectivity index (χ0n) is 18.9. The summed E-state index contributed by atoms with van der Waals surface area (Å²) in [6.45, 7) is 7.64. The van der Waals surface area contributed by atoms with Crippen LogP contribution in [0.2, 0.25) is 0 Å². The number of carbonyl (C=O) groups is 1. The maximum atomic E-state index is 12.9. The average molecular weight is 428 g/mol. The van der Waals surface area contributed by atoms with Crippen molar-refractivity contribution in [2.75, 3.05) is 18.5 Å². The molecule has 0 aromatic heterocycles. The highest BCUT2D eigenvalue weighted by molar-refractivity contribution is 6.04. The molecule has 0 unspecified atom stereocenters. The van der Waals surface area contributed by atoms with Gasteiger partial charge < -0.3 is 14.8 Å². The van der Waals surface area contributed by atoms with Gasteiger partial charge in [-0.2, -0.15) is 0 Å². The molecule has 4 heteroatoms. The summed E-state index contributed by atoms with van der Waals surface area (Å²) in [5.74, 6) is 1.18. The number of rotatable bonds is 5. The first-order chi connectivity index (χ1) is 15.4. The van der Waals surface area contributed by atoms with Crippen molar-refractivity contribution < 1.29 is 14.3 Å². The fourth-order valence-electron chi connectivity index (χ4n) is 3.69. The zero-order chi connectivity index (χ0) is 22.6. The number of ether oxygens (including phenoxy) is 2. The minimum absolute atomic E-state index is 0.0808. The second kappa shape index (κ2) is 9.31. The molecule has 3 aromatic carbocycles. The molecule has 1 heterocycles. The first kappa shape index (κ1) is 21.7. The lowest BCUT2D eigenvalue weighted by Gasteiger charge is -2.20. The molecule has 0 atom stereocenters. The van der Waals surface area contributed by atoms with Crippen molar-refractivity contribution in [2.45, 2.75) is 32.6 Å². The van der Waals surface area contributed by atoms with Crippen LogP contribution in [0.25, 0.3) is 5.57 Å². The fourth-order valence-corrected chi connectivity index (χ4v) is 3.69. The Labute approximate surface area is 189 Å². The molecular weight excluding hydrogens is 398 g/mol. The van der Waals surface area contributed by atoms with E-state index in [-0.39, 0.29) is 11.3 Å². The number of hydrogen-bond acceptors (Lipinski definition) is 3. The maximum absolute atomic E-state index is 12.9. The molecule has 4 rings (SSSR count). The summed E-state index contributed by atoms with van der Waals surface area (Å²) in [7, 11) is 0. The van der Waals surface area contributed by atoms with Gasteiger partial charge in [0.1, 0.15) is 13.2 Å². The van der Waals surface area contributed by atoms with Gasteiger partial charge in [0.2, 0.25) is 5.91 Å². The van der Waals surface area contributed by atoms with Crippen LogP contribution in [0.3, 0.4) is 0 Å². The molecule has 0 saturated carbocycles. The van der Waals surface area contributed by atoms with E-state index in [9.17, 15) is 4.79 Å². The molecule has 0 saturated heterocycles. The molecule has 1 amide bonds. The Hall–Kier alpha value is -3.53. The lowest BCUT2D eigenvalue weighted by molar-refractivity contribution is -0.111. The highest BCUT2D eigenvalue weighted by atomic mass is 16.6. The van der Waals surface area contributed by atoms with Crippen LogP contribution < -0.4 is 14.8 Å². The number of anilines is 1. The predicted octanol–water partition coefficient (Wildman–Crippen LogP) is 6.02. The Bertz CT molecular complexity index is 1110. The van der Waals surface area contributed by atoms with Gasteiger partial charge in [0, 0.05) is 17.8 Å². The van der Waals surface area contributed by atoms with E-state index in [1.54, 1.807) is 12.1 Å². The van der Waals surface area contributed by atoms with Crippen LogP contribution in [0, 0.1) is 0 Å². The summed E-state index contributed by atoms with van der Waals surface area (Å²) in [6, 6.07) is 24.1. The van der Waals surface area contributed by atoms with Gasteiger partial charge in [-0.05, 0) is 46.2 Å². The van der Waals surface area contributed by atoms with Gasteiger partial charge in [0.15, 0.2) is 11.5 Å². The molecule has 0 aliphatic carbocycles. The topological polar surface area (TPSA) is 47.6 Å². The number of allylic oxidation sites excluding steroid dienone is 1. The Morgan fingerprint density at radius 3 is 2.28 bits per heavy atom. The summed E-state index contributed by atoms with van der Waals surface area (Å²) in [6.07, 6.45) is 2.36. The normalized spacial score (nSPS) is 13.5. The third-order valence-electron chi connectivity index (χ3n) is 5.47. The number of benzene rings is 3. The summed E-state index contributed by atoms with van der Waals surface area (Å²) in [5.41, 5.74) is 5.19. The van der Waals surface area contributed by atoms with Crippen LogP contribution in [0.4, 0.5) is 5.69 Å². The SMILES string of the molecule is CC(C)(C)c1ccc(/C(=C\C(=O)Nc2ccc3c(c2)OCCO3)Cc2ccccc2)cc1. The van der Waals surface area contributed by atoms with Gasteiger partial charge in [-0.25, -0.2) is 0 Å². The third-order valence-corrected chi connectivity index (χ3v) is 5.47. The Kier molecular flexibility index (Phi) is 6.31. The predicted molar refractivity (Wildman–Crippen MR) is 129 cm³/mol. The Morgan fingerprint density at radius 1 is 0.906 bits per heavy atom. The van der Waals surface area contributed by atoms with Crippen molar-refractivity contribution in [2.24, 2.45) is 0 Å². The fraction of sp³-hybridized carbons (Fsp3) is 0.250. The van der Waals surface area contributed by atoms with E-state index in [4.69, 9.17) is 9.47 Å². The van der Waals surface area contributed by atoms with E-state index in [1.165, 1.54) is 5.56 Å². The van der Waals surface area contributed by atoms with Crippen LogP contribution in [0.15, 0.2) is 78.9 Å². The lowest BCUT2D eigenvalue weighted by Crippen LogP contribution is -2.16. The molecule has 1 aliphatic heterocycles. The second-order valence-electron chi connectivity index (χ2n) is 9.01. The maximum Gasteiger partial charge on any atom is 0.248 e. The average Bonchev–Trinajstić information content (AvgIpc) is 2.79. The highest BCUT2D eigenvalue weighted by Gasteiger charge is 2.15. The van der Waals surface area contributed by atoms with E-state index in [0.717, 1.165) is 16.7 Å². The number of fused-ring (bicyclic) bond motifs is 1. The van der Waals surface area contributed by atoms with Crippen LogP contribution in [-0.2, 0) is 16.6 Å². The van der Waals surface area contributed by atoms with Gasteiger partial charge >= 0.3 is 0 Å².